The number of halogens is 1. The van der Waals surface area contributed by atoms with Crippen molar-refractivity contribution in [1.29, 1.82) is 0 Å². The minimum Gasteiger partial charge on any atom is -0.391 e. The fourth-order valence-electron chi connectivity index (χ4n) is 0.877. The van der Waals surface area contributed by atoms with Crippen LogP contribution < -0.4 is 5.73 Å². The standard InChI is InChI=1S/C8H12ClNOS/c1-5(10)7(11)4-6-2-3-12-8(6)9/h2-3,5,7,11H,4,10H2,1H3. The fourth-order valence-corrected chi connectivity index (χ4v) is 1.83. The molecule has 2 nitrogen and oxygen atoms in total. The number of rotatable bonds is 3. The molecule has 0 aliphatic rings. The Balaban J connectivity index is 2.58. The van der Waals surface area contributed by atoms with Gasteiger partial charge in [0.1, 0.15) is 0 Å². The summed E-state index contributed by atoms with van der Waals surface area (Å²) in [5, 5.41) is 11.4. The van der Waals surface area contributed by atoms with Crippen LogP contribution in [0.3, 0.4) is 0 Å². The third-order valence-electron chi connectivity index (χ3n) is 1.73. The highest BCUT2D eigenvalue weighted by atomic mass is 35.5. The lowest BCUT2D eigenvalue weighted by atomic mass is 10.1. The van der Waals surface area contributed by atoms with Crippen molar-refractivity contribution >= 4 is 22.9 Å². The number of hydrogen-bond donors (Lipinski definition) is 2. The van der Waals surface area contributed by atoms with Gasteiger partial charge in [-0.15, -0.1) is 11.3 Å². The molecule has 1 heterocycles. The molecule has 0 aliphatic carbocycles. The van der Waals surface area contributed by atoms with E-state index in [0.29, 0.717) is 6.42 Å². The van der Waals surface area contributed by atoms with Crippen LogP contribution in [0.25, 0.3) is 0 Å². The third-order valence-corrected chi connectivity index (χ3v) is 2.98. The van der Waals surface area contributed by atoms with Crippen molar-refractivity contribution in [2.45, 2.75) is 25.5 Å². The lowest BCUT2D eigenvalue weighted by Gasteiger charge is -2.13. The first-order chi connectivity index (χ1) is 5.61. The summed E-state index contributed by atoms with van der Waals surface area (Å²) in [6, 6.07) is 1.71. The van der Waals surface area contributed by atoms with Gasteiger partial charge in [-0.05, 0) is 23.9 Å². The molecule has 0 amide bonds. The van der Waals surface area contributed by atoms with E-state index >= 15 is 0 Å². The van der Waals surface area contributed by atoms with E-state index in [2.05, 4.69) is 0 Å². The largest absolute Gasteiger partial charge is 0.391 e. The first kappa shape index (κ1) is 9.99. The van der Waals surface area contributed by atoms with E-state index < -0.39 is 6.10 Å². The molecular weight excluding hydrogens is 194 g/mol. The van der Waals surface area contributed by atoms with Crippen molar-refractivity contribution < 1.29 is 5.11 Å². The zero-order valence-electron chi connectivity index (χ0n) is 6.83. The molecule has 1 rings (SSSR count). The van der Waals surface area contributed by atoms with Crippen molar-refractivity contribution in [2.24, 2.45) is 5.73 Å². The van der Waals surface area contributed by atoms with Crippen molar-refractivity contribution in [1.82, 2.24) is 0 Å². The van der Waals surface area contributed by atoms with Crippen LogP contribution in [0.4, 0.5) is 0 Å². The van der Waals surface area contributed by atoms with Crippen LogP contribution in [-0.4, -0.2) is 17.3 Å². The van der Waals surface area contributed by atoms with Crippen molar-refractivity contribution in [3.05, 3.63) is 21.3 Å². The summed E-state index contributed by atoms with van der Waals surface area (Å²) >= 11 is 7.33. The molecule has 0 bridgehead atoms. The highest BCUT2D eigenvalue weighted by Crippen LogP contribution is 2.24. The Hall–Kier alpha value is -0.0900. The van der Waals surface area contributed by atoms with Gasteiger partial charge < -0.3 is 10.8 Å². The molecule has 0 spiro atoms. The number of hydrogen-bond acceptors (Lipinski definition) is 3. The predicted molar refractivity (Wildman–Crippen MR) is 52.7 cm³/mol. The van der Waals surface area contributed by atoms with Gasteiger partial charge in [-0.1, -0.05) is 11.6 Å². The fraction of sp³-hybridized carbons (Fsp3) is 0.500. The normalized spacial score (nSPS) is 16.0. The van der Waals surface area contributed by atoms with E-state index in [1.54, 1.807) is 6.92 Å². The van der Waals surface area contributed by atoms with Gasteiger partial charge in [0.2, 0.25) is 0 Å². The van der Waals surface area contributed by atoms with E-state index in [1.165, 1.54) is 11.3 Å². The van der Waals surface area contributed by atoms with E-state index in [4.69, 9.17) is 17.3 Å². The number of nitrogens with two attached hydrogens (primary N) is 1. The summed E-state index contributed by atoms with van der Waals surface area (Å²) < 4.78 is 0.745. The van der Waals surface area contributed by atoms with Crippen LogP contribution in [0.15, 0.2) is 11.4 Å². The second kappa shape index (κ2) is 4.23. The Bertz CT molecular complexity index is 249. The van der Waals surface area contributed by atoms with Crippen LogP contribution in [-0.2, 0) is 6.42 Å². The monoisotopic (exact) mass is 205 g/mol. The second-order valence-electron chi connectivity index (χ2n) is 2.85. The molecule has 0 aliphatic heterocycles. The minimum absolute atomic E-state index is 0.207. The summed E-state index contributed by atoms with van der Waals surface area (Å²) in [5.74, 6) is 0. The van der Waals surface area contributed by atoms with Gasteiger partial charge in [0.15, 0.2) is 0 Å². The summed E-state index contributed by atoms with van der Waals surface area (Å²) in [6.45, 7) is 1.78. The quantitative estimate of drug-likeness (QED) is 0.789. The van der Waals surface area contributed by atoms with Gasteiger partial charge >= 0.3 is 0 Å². The van der Waals surface area contributed by atoms with Gasteiger partial charge in [-0.3, -0.25) is 0 Å². The molecule has 68 valence electrons. The molecule has 1 aromatic rings. The molecule has 3 N–H and O–H groups in total. The lowest BCUT2D eigenvalue weighted by Crippen LogP contribution is -2.32. The van der Waals surface area contributed by atoms with Crippen molar-refractivity contribution in [3.8, 4) is 0 Å². The minimum atomic E-state index is -0.503. The molecule has 0 aromatic carbocycles. The lowest BCUT2D eigenvalue weighted by molar-refractivity contribution is 0.151. The second-order valence-corrected chi connectivity index (χ2v) is 4.37. The SMILES string of the molecule is CC(N)C(O)Cc1ccsc1Cl. The molecule has 0 fully saturated rings. The molecule has 4 heteroatoms. The third kappa shape index (κ3) is 2.45. The topological polar surface area (TPSA) is 46.2 Å². The first-order valence-electron chi connectivity index (χ1n) is 3.76. The van der Waals surface area contributed by atoms with Crippen LogP contribution in [0.5, 0.6) is 0 Å². The van der Waals surface area contributed by atoms with Gasteiger partial charge in [0.05, 0.1) is 10.4 Å². The molecule has 0 saturated carbocycles. The summed E-state index contributed by atoms with van der Waals surface area (Å²) in [6.07, 6.45) is 0.0390. The summed E-state index contributed by atoms with van der Waals surface area (Å²) in [7, 11) is 0. The van der Waals surface area contributed by atoms with E-state index in [9.17, 15) is 5.11 Å². The van der Waals surface area contributed by atoms with Gasteiger partial charge in [-0.2, -0.15) is 0 Å². The number of aliphatic hydroxyl groups excluding tert-OH is 1. The van der Waals surface area contributed by atoms with Crippen molar-refractivity contribution in [2.75, 3.05) is 0 Å². The zero-order chi connectivity index (χ0) is 9.14. The number of aliphatic hydroxyl groups is 1. The number of thiophene rings is 1. The molecule has 2 atom stereocenters. The average molecular weight is 206 g/mol. The maximum atomic E-state index is 9.44. The van der Waals surface area contributed by atoms with Crippen molar-refractivity contribution in [3.63, 3.8) is 0 Å². The van der Waals surface area contributed by atoms with Crippen LogP contribution in [0, 0.1) is 0 Å². The Morgan fingerprint density at radius 2 is 2.42 bits per heavy atom. The first-order valence-corrected chi connectivity index (χ1v) is 5.02. The summed E-state index contributed by atoms with van der Waals surface area (Å²) in [4.78, 5) is 0. The molecule has 12 heavy (non-hydrogen) atoms. The Kier molecular flexibility index (Phi) is 3.53. The highest BCUT2D eigenvalue weighted by molar-refractivity contribution is 7.14. The van der Waals surface area contributed by atoms with Crippen LogP contribution in [0.1, 0.15) is 12.5 Å². The Labute approximate surface area is 81.0 Å². The maximum Gasteiger partial charge on any atom is 0.0961 e. The summed E-state index contributed by atoms with van der Waals surface area (Å²) in [5.41, 5.74) is 6.49. The van der Waals surface area contributed by atoms with Gasteiger partial charge in [-0.25, -0.2) is 0 Å². The van der Waals surface area contributed by atoms with E-state index in [-0.39, 0.29) is 6.04 Å². The van der Waals surface area contributed by atoms with Gasteiger partial charge in [0.25, 0.3) is 0 Å². The Morgan fingerprint density at radius 1 is 1.75 bits per heavy atom. The molecule has 2 unspecified atom stereocenters. The smallest absolute Gasteiger partial charge is 0.0961 e. The Morgan fingerprint density at radius 3 is 2.83 bits per heavy atom. The van der Waals surface area contributed by atoms with Gasteiger partial charge in [0, 0.05) is 12.5 Å². The van der Waals surface area contributed by atoms with E-state index in [0.717, 1.165) is 9.90 Å². The molecular formula is C8H12ClNOS. The van der Waals surface area contributed by atoms with Crippen LogP contribution in [0.2, 0.25) is 4.34 Å². The predicted octanol–water partition coefficient (Wildman–Crippen LogP) is 1.65. The molecule has 1 aromatic heterocycles. The van der Waals surface area contributed by atoms with E-state index in [1.807, 2.05) is 11.4 Å². The van der Waals surface area contributed by atoms with Crippen LogP contribution >= 0.6 is 22.9 Å². The average Bonchev–Trinajstić information content (AvgIpc) is 2.36. The molecule has 0 saturated heterocycles. The molecule has 0 radical (unpaired) electrons. The zero-order valence-corrected chi connectivity index (χ0v) is 8.40. The maximum absolute atomic E-state index is 9.44. The highest BCUT2D eigenvalue weighted by Gasteiger charge is 2.12.